The lowest BCUT2D eigenvalue weighted by Crippen LogP contribution is -2.18. The lowest BCUT2D eigenvalue weighted by atomic mass is 9.86. The van der Waals surface area contributed by atoms with Gasteiger partial charge in [-0.15, -0.1) is 0 Å². The summed E-state index contributed by atoms with van der Waals surface area (Å²) in [6.45, 7) is 13.9. The summed E-state index contributed by atoms with van der Waals surface area (Å²) in [5.74, 6) is 1.10. The fourth-order valence-corrected chi connectivity index (χ4v) is 3.51. The molecule has 2 aromatic carbocycles. The van der Waals surface area contributed by atoms with Gasteiger partial charge in [0.2, 0.25) is 0 Å². The maximum Gasteiger partial charge on any atom is 0.127 e. The minimum atomic E-state index is 0.118. The fraction of sp³-hybridized carbons (Fsp3) is 0.478. The Morgan fingerprint density at radius 3 is 2.32 bits per heavy atom. The molecule has 0 saturated carbocycles. The summed E-state index contributed by atoms with van der Waals surface area (Å²) in [7, 11) is 2.18. The van der Waals surface area contributed by atoms with Crippen LogP contribution in [0.2, 0.25) is 0 Å². The summed E-state index contributed by atoms with van der Waals surface area (Å²) < 4.78 is 6.02. The predicted molar refractivity (Wildman–Crippen MR) is 105 cm³/mol. The summed E-state index contributed by atoms with van der Waals surface area (Å²) in [5, 5.41) is 0. The highest BCUT2D eigenvalue weighted by Crippen LogP contribution is 2.40. The molecule has 2 aromatic rings. The average Bonchev–Trinajstić information content (AvgIpc) is 2.83. The van der Waals surface area contributed by atoms with Gasteiger partial charge in [0.05, 0.1) is 6.61 Å². The van der Waals surface area contributed by atoms with Crippen LogP contribution < -0.4 is 4.74 Å². The second-order valence-corrected chi connectivity index (χ2v) is 9.09. The van der Waals surface area contributed by atoms with Crippen molar-refractivity contribution in [2.45, 2.75) is 58.5 Å². The van der Waals surface area contributed by atoms with Crippen LogP contribution in [-0.2, 0) is 23.9 Å². The molecular weight excluding hydrogens is 306 g/mol. The Balaban J connectivity index is 1.70. The van der Waals surface area contributed by atoms with Gasteiger partial charge in [0, 0.05) is 29.6 Å². The van der Waals surface area contributed by atoms with Gasteiger partial charge in [-0.3, -0.25) is 4.90 Å². The molecule has 0 spiro atoms. The summed E-state index contributed by atoms with van der Waals surface area (Å²) >= 11 is 0. The molecule has 0 radical (unpaired) electrons. The molecule has 0 aliphatic carbocycles. The third kappa shape index (κ3) is 3.90. The van der Waals surface area contributed by atoms with E-state index in [2.05, 4.69) is 89.0 Å². The molecule has 0 N–H and O–H groups in total. The van der Waals surface area contributed by atoms with Crippen molar-refractivity contribution in [3.8, 4) is 5.75 Å². The summed E-state index contributed by atoms with van der Waals surface area (Å²) in [4.78, 5) is 2.36. The van der Waals surface area contributed by atoms with E-state index < -0.39 is 0 Å². The zero-order valence-corrected chi connectivity index (χ0v) is 16.5. The van der Waals surface area contributed by atoms with Gasteiger partial charge in [-0.25, -0.2) is 0 Å². The first kappa shape index (κ1) is 18.0. The van der Waals surface area contributed by atoms with Gasteiger partial charge in [-0.1, -0.05) is 77.1 Å². The van der Waals surface area contributed by atoms with E-state index in [-0.39, 0.29) is 10.8 Å². The van der Waals surface area contributed by atoms with Crippen molar-refractivity contribution < 1.29 is 4.74 Å². The lowest BCUT2D eigenvalue weighted by Gasteiger charge is -2.21. The molecule has 25 heavy (non-hydrogen) atoms. The zero-order chi connectivity index (χ0) is 18.2. The second-order valence-electron chi connectivity index (χ2n) is 9.09. The van der Waals surface area contributed by atoms with Crippen LogP contribution in [-0.4, -0.2) is 18.6 Å². The van der Waals surface area contributed by atoms with Crippen molar-refractivity contribution in [1.29, 1.82) is 0 Å². The largest absolute Gasteiger partial charge is 0.492 e. The molecule has 1 aliphatic heterocycles. The molecule has 1 aliphatic rings. The maximum absolute atomic E-state index is 6.02. The highest BCUT2D eigenvalue weighted by atomic mass is 16.5. The highest BCUT2D eigenvalue weighted by Gasteiger charge is 2.33. The first-order chi connectivity index (χ1) is 11.7. The Morgan fingerprint density at radius 1 is 1.00 bits per heavy atom. The summed E-state index contributed by atoms with van der Waals surface area (Å²) in [6.07, 6.45) is 0. The molecule has 0 bridgehead atoms. The van der Waals surface area contributed by atoms with Crippen molar-refractivity contribution in [3.05, 3.63) is 64.7 Å². The smallest absolute Gasteiger partial charge is 0.127 e. The Hall–Kier alpha value is -1.80. The summed E-state index contributed by atoms with van der Waals surface area (Å²) in [6, 6.07) is 15.6. The normalized spacial score (nSPS) is 16.0. The third-order valence-corrected chi connectivity index (χ3v) is 5.12. The Morgan fingerprint density at radius 2 is 1.68 bits per heavy atom. The van der Waals surface area contributed by atoms with E-state index in [1.54, 1.807) is 0 Å². The number of hydrogen-bond acceptors (Lipinski definition) is 2. The van der Waals surface area contributed by atoms with Gasteiger partial charge in [0.1, 0.15) is 5.75 Å². The van der Waals surface area contributed by atoms with E-state index in [0.29, 0.717) is 0 Å². The molecule has 2 heteroatoms. The monoisotopic (exact) mass is 337 g/mol. The molecule has 0 unspecified atom stereocenters. The number of fused-ring (bicyclic) bond motifs is 1. The molecule has 0 amide bonds. The Labute approximate surface area is 152 Å². The van der Waals surface area contributed by atoms with E-state index in [1.165, 1.54) is 22.3 Å². The molecule has 0 aromatic heterocycles. The van der Waals surface area contributed by atoms with Crippen LogP contribution >= 0.6 is 0 Å². The second kappa shape index (κ2) is 6.49. The van der Waals surface area contributed by atoms with Crippen LogP contribution in [0.5, 0.6) is 5.75 Å². The zero-order valence-electron chi connectivity index (χ0n) is 16.5. The summed E-state index contributed by atoms with van der Waals surface area (Å²) in [5.41, 5.74) is 5.69. The van der Waals surface area contributed by atoms with Crippen molar-refractivity contribution >= 4 is 0 Å². The number of hydrogen-bond donors (Lipinski definition) is 0. The van der Waals surface area contributed by atoms with Crippen LogP contribution in [0.1, 0.15) is 56.9 Å². The van der Waals surface area contributed by atoms with Crippen molar-refractivity contribution in [3.63, 3.8) is 0 Å². The van der Waals surface area contributed by atoms with Gasteiger partial charge in [-0.2, -0.15) is 0 Å². The van der Waals surface area contributed by atoms with Crippen LogP contribution in [0.25, 0.3) is 0 Å². The van der Waals surface area contributed by atoms with E-state index in [0.717, 1.165) is 25.4 Å². The molecule has 0 saturated heterocycles. The predicted octanol–water partition coefficient (Wildman–Crippen LogP) is 5.29. The van der Waals surface area contributed by atoms with Gasteiger partial charge in [-0.05, 0) is 23.6 Å². The van der Waals surface area contributed by atoms with Crippen molar-refractivity contribution in [1.82, 2.24) is 4.90 Å². The fourth-order valence-electron chi connectivity index (χ4n) is 3.51. The first-order valence-electron chi connectivity index (χ1n) is 9.20. The quantitative estimate of drug-likeness (QED) is 0.752. The molecule has 1 heterocycles. The van der Waals surface area contributed by atoms with Crippen LogP contribution in [0.4, 0.5) is 0 Å². The van der Waals surface area contributed by atoms with Crippen LogP contribution in [0.3, 0.4) is 0 Å². The van der Waals surface area contributed by atoms with Gasteiger partial charge in [0.25, 0.3) is 0 Å². The number of benzene rings is 2. The van der Waals surface area contributed by atoms with Gasteiger partial charge >= 0.3 is 0 Å². The van der Waals surface area contributed by atoms with Gasteiger partial charge in [0.15, 0.2) is 0 Å². The number of nitrogens with zero attached hydrogens (tertiary/aromatic N) is 1. The van der Waals surface area contributed by atoms with Crippen LogP contribution in [0.15, 0.2) is 42.5 Å². The Bertz CT molecular complexity index is 738. The Kier molecular flexibility index (Phi) is 4.68. The molecule has 2 nitrogen and oxygen atoms in total. The van der Waals surface area contributed by atoms with Crippen molar-refractivity contribution in [2.75, 3.05) is 13.7 Å². The average molecular weight is 338 g/mol. The van der Waals surface area contributed by atoms with E-state index >= 15 is 0 Å². The highest BCUT2D eigenvalue weighted by molar-refractivity contribution is 5.48. The standard InChI is InChI=1S/C23H31NO/c1-22(2,3)19-12-10-17(11-13-19)14-24(6)15-18-8-7-9-20-21(18)25-16-23(20,4)5/h7-13H,14-16H2,1-6H3. The minimum Gasteiger partial charge on any atom is -0.492 e. The van der Waals surface area contributed by atoms with Crippen molar-refractivity contribution in [2.24, 2.45) is 0 Å². The molecule has 0 atom stereocenters. The van der Waals surface area contributed by atoms with E-state index in [1.807, 2.05) is 0 Å². The number of ether oxygens (including phenoxy) is 1. The molecule has 134 valence electrons. The lowest BCUT2D eigenvalue weighted by molar-refractivity contribution is 0.278. The third-order valence-electron chi connectivity index (χ3n) is 5.12. The van der Waals surface area contributed by atoms with Gasteiger partial charge < -0.3 is 4.74 Å². The number of para-hydroxylation sites is 1. The topological polar surface area (TPSA) is 12.5 Å². The van der Waals surface area contributed by atoms with E-state index in [9.17, 15) is 0 Å². The first-order valence-corrected chi connectivity index (χ1v) is 9.20. The SMILES string of the molecule is CN(Cc1ccc(C(C)(C)C)cc1)Cc1cccc2c1OCC2(C)C. The minimum absolute atomic E-state index is 0.118. The molecular formula is C23H31NO. The number of rotatable bonds is 4. The van der Waals surface area contributed by atoms with Crippen LogP contribution in [0, 0.1) is 0 Å². The van der Waals surface area contributed by atoms with E-state index in [4.69, 9.17) is 4.74 Å². The molecule has 0 fully saturated rings. The maximum atomic E-state index is 6.02. The molecule has 3 rings (SSSR count).